The Bertz CT molecular complexity index is 457. The summed E-state index contributed by atoms with van der Waals surface area (Å²) in [5.74, 6) is -0.189. The van der Waals surface area contributed by atoms with E-state index in [0.717, 1.165) is 12.8 Å². The quantitative estimate of drug-likeness (QED) is 0.786. The van der Waals surface area contributed by atoms with Crippen LogP contribution >= 0.6 is 0 Å². The zero-order chi connectivity index (χ0) is 17.9. The number of carbonyl (C=O) groups excluding carboxylic acids is 1. The summed E-state index contributed by atoms with van der Waals surface area (Å²) in [4.78, 5) is 26.6. The summed E-state index contributed by atoms with van der Waals surface area (Å²) < 4.78 is 5.66. The zero-order valence-corrected chi connectivity index (χ0v) is 15.2. The number of rotatable bonds is 5. The van der Waals surface area contributed by atoms with Crippen LogP contribution in [-0.2, 0) is 9.53 Å². The lowest BCUT2D eigenvalue weighted by atomic mass is 9.66. The van der Waals surface area contributed by atoms with Crippen LogP contribution in [0.2, 0.25) is 0 Å². The molecular formula is C17H31N3O4. The number of aliphatic carboxylic acids is 1. The van der Waals surface area contributed by atoms with Gasteiger partial charge in [0.15, 0.2) is 0 Å². The van der Waals surface area contributed by atoms with Crippen molar-refractivity contribution >= 4 is 12.0 Å². The lowest BCUT2D eigenvalue weighted by Crippen LogP contribution is -2.56. The molecule has 2 N–H and O–H groups in total. The second-order valence-electron chi connectivity index (χ2n) is 8.21. The second-order valence-corrected chi connectivity index (χ2v) is 8.21. The van der Waals surface area contributed by atoms with Crippen LogP contribution in [0.1, 0.15) is 33.6 Å². The van der Waals surface area contributed by atoms with E-state index in [0.29, 0.717) is 37.6 Å². The van der Waals surface area contributed by atoms with Crippen LogP contribution in [0.4, 0.5) is 4.79 Å². The first-order chi connectivity index (χ1) is 11.1. The molecule has 1 aliphatic heterocycles. The second kappa shape index (κ2) is 7.70. The third-order valence-corrected chi connectivity index (χ3v) is 5.04. The van der Waals surface area contributed by atoms with Crippen LogP contribution in [0.25, 0.3) is 0 Å². The molecule has 7 heteroatoms. The third kappa shape index (κ3) is 5.34. The third-order valence-electron chi connectivity index (χ3n) is 5.04. The van der Waals surface area contributed by atoms with Crippen molar-refractivity contribution in [2.45, 2.75) is 45.8 Å². The van der Waals surface area contributed by atoms with Crippen molar-refractivity contribution < 1.29 is 19.4 Å². The maximum atomic E-state index is 12.4. The number of ether oxygens (including phenoxy) is 1. The number of likely N-dealkylation sites (N-methyl/N-ethyl adjacent to an activating group) is 1. The van der Waals surface area contributed by atoms with Crippen LogP contribution in [0.5, 0.6) is 0 Å². The highest BCUT2D eigenvalue weighted by molar-refractivity contribution is 5.74. The summed E-state index contributed by atoms with van der Waals surface area (Å²) in [5.41, 5.74) is 0.306. The molecule has 0 aromatic heterocycles. The number of carboxylic acid groups (broad SMARTS) is 1. The highest BCUT2D eigenvalue weighted by Crippen LogP contribution is 2.41. The average molecular weight is 341 g/mol. The molecule has 2 fully saturated rings. The Hall–Kier alpha value is -1.34. The topological polar surface area (TPSA) is 82.1 Å². The summed E-state index contributed by atoms with van der Waals surface area (Å²) >= 11 is 0. The van der Waals surface area contributed by atoms with Gasteiger partial charge in [-0.05, 0) is 31.2 Å². The Morgan fingerprint density at radius 2 is 2.00 bits per heavy atom. The van der Waals surface area contributed by atoms with E-state index in [1.165, 1.54) is 0 Å². The fraction of sp³-hybridized carbons (Fsp3) is 0.882. The van der Waals surface area contributed by atoms with Crippen LogP contribution < -0.4 is 5.32 Å². The van der Waals surface area contributed by atoms with Crippen molar-refractivity contribution in [3.63, 3.8) is 0 Å². The highest BCUT2D eigenvalue weighted by atomic mass is 16.5. The minimum absolute atomic E-state index is 0.0255. The average Bonchev–Trinajstić information content (AvgIpc) is 2.40. The number of hydrogen-bond acceptors (Lipinski definition) is 4. The van der Waals surface area contributed by atoms with E-state index >= 15 is 0 Å². The van der Waals surface area contributed by atoms with Gasteiger partial charge in [0.1, 0.15) is 0 Å². The first-order valence-corrected chi connectivity index (χ1v) is 8.72. The molecule has 2 aliphatic rings. The molecule has 1 aliphatic carbocycles. The van der Waals surface area contributed by atoms with Crippen molar-refractivity contribution in [1.29, 1.82) is 0 Å². The van der Waals surface area contributed by atoms with Gasteiger partial charge in [-0.2, -0.15) is 0 Å². The fourth-order valence-electron chi connectivity index (χ4n) is 3.37. The molecule has 7 nitrogen and oxygen atoms in total. The van der Waals surface area contributed by atoms with E-state index < -0.39 is 5.97 Å². The molecule has 2 amide bonds. The maximum Gasteiger partial charge on any atom is 0.317 e. The van der Waals surface area contributed by atoms with Gasteiger partial charge in [-0.25, -0.2) is 4.79 Å². The molecule has 0 bridgehead atoms. The Morgan fingerprint density at radius 1 is 1.33 bits per heavy atom. The van der Waals surface area contributed by atoms with Crippen molar-refractivity contribution in [3.8, 4) is 0 Å². The van der Waals surface area contributed by atoms with E-state index in [-0.39, 0.29) is 24.7 Å². The number of morpholine rings is 1. The van der Waals surface area contributed by atoms with E-state index in [1.807, 2.05) is 0 Å². The van der Waals surface area contributed by atoms with E-state index in [9.17, 15) is 9.59 Å². The van der Waals surface area contributed by atoms with Crippen LogP contribution in [0.15, 0.2) is 0 Å². The van der Waals surface area contributed by atoms with Crippen molar-refractivity contribution in [2.75, 3.05) is 39.8 Å². The summed E-state index contributed by atoms with van der Waals surface area (Å²) in [5, 5.41) is 11.9. The van der Waals surface area contributed by atoms with Crippen LogP contribution in [-0.4, -0.2) is 78.9 Å². The molecule has 1 saturated carbocycles. The van der Waals surface area contributed by atoms with Gasteiger partial charge in [0.2, 0.25) is 0 Å². The Kier molecular flexibility index (Phi) is 6.09. The normalized spacial score (nSPS) is 27.7. The molecule has 138 valence electrons. The number of urea groups is 1. The SMILES string of the molecule is CN(CC(=O)O)CC1CN(C(=O)NC2CC(C(C)(C)C)C2)CCO1. The Morgan fingerprint density at radius 3 is 2.58 bits per heavy atom. The molecule has 1 saturated heterocycles. The number of carbonyl (C=O) groups is 2. The predicted octanol–water partition coefficient (Wildman–Crippen LogP) is 1.24. The van der Waals surface area contributed by atoms with Gasteiger partial charge in [0.25, 0.3) is 0 Å². The number of hydrogen-bond donors (Lipinski definition) is 2. The maximum absolute atomic E-state index is 12.4. The fourth-order valence-corrected chi connectivity index (χ4v) is 3.37. The summed E-state index contributed by atoms with van der Waals surface area (Å²) in [6.45, 7) is 8.80. The van der Waals surface area contributed by atoms with Gasteiger partial charge in [0.05, 0.1) is 19.3 Å². The van der Waals surface area contributed by atoms with Gasteiger partial charge in [0, 0.05) is 25.7 Å². The monoisotopic (exact) mass is 341 g/mol. The zero-order valence-electron chi connectivity index (χ0n) is 15.2. The van der Waals surface area contributed by atoms with Gasteiger partial charge in [-0.3, -0.25) is 9.69 Å². The number of nitrogens with one attached hydrogen (secondary N) is 1. The molecule has 24 heavy (non-hydrogen) atoms. The summed E-state index contributed by atoms with van der Waals surface area (Å²) in [7, 11) is 1.75. The Labute approximate surface area is 144 Å². The predicted molar refractivity (Wildman–Crippen MR) is 90.9 cm³/mol. The lowest BCUT2D eigenvalue weighted by Gasteiger charge is -2.45. The number of nitrogens with zero attached hydrogens (tertiary/aromatic N) is 2. The van der Waals surface area contributed by atoms with Gasteiger partial charge in [-0.1, -0.05) is 20.8 Å². The van der Waals surface area contributed by atoms with Crippen LogP contribution in [0.3, 0.4) is 0 Å². The molecule has 1 atom stereocenters. The minimum Gasteiger partial charge on any atom is -0.480 e. The molecule has 0 aromatic rings. The van der Waals surface area contributed by atoms with Gasteiger partial charge < -0.3 is 20.1 Å². The number of amides is 2. The number of carboxylic acids is 1. The smallest absolute Gasteiger partial charge is 0.317 e. The first kappa shape index (κ1) is 19.0. The summed E-state index contributed by atoms with van der Waals surface area (Å²) in [6.07, 6.45) is 1.95. The molecular weight excluding hydrogens is 310 g/mol. The molecule has 2 rings (SSSR count). The molecule has 1 unspecified atom stereocenters. The summed E-state index contributed by atoms with van der Waals surface area (Å²) in [6, 6.07) is 0.249. The standard InChI is InChI=1S/C17H31N3O4/c1-17(2,3)12-7-13(8-12)18-16(23)20-5-6-24-14(10-20)9-19(4)11-15(21)22/h12-14H,5-11H2,1-4H3,(H,18,23)(H,21,22). The molecule has 1 heterocycles. The minimum atomic E-state index is -0.860. The van der Waals surface area contributed by atoms with Crippen molar-refractivity contribution in [1.82, 2.24) is 15.1 Å². The van der Waals surface area contributed by atoms with Gasteiger partial charge in [-0.15, -0.1) is 0 Å². The van der Waals surface area contributed by atoms with Gasteiger partial charge >= 0.3 is 12.0 Å². The van der Waals surface area contributed by atoms with E-state index in [1.54, 1.807) is 16.8 Å². The Balaban J connectivity index is 1.74. The molecule has 0 aromatic carbocycles. The lowest BCUT2D eigenvalue weighted by molar-refractivity contribution is -0.138. The highest BCUT2D eigenvalue weighted by Gasteiger charge is 2.38. The van der Waals surface area contributed by atoms with Crippen molar-refractivity contribution in [3.05, 3.63) is 0 Å². The first-order valence-electron chi connectivity index (χ1n) is 8.72. The van der Waals surface area contributed by atoms with E-state index in [2.05, 4.69) is 26.1 Å². The molecule has 0 radical (unpaired) electrons. The van der Waals surface area contributed by atoms with Crippen LogP contribution in [0, 0.1) is 11.3 Å². The van der Waals surface area contributed by atoms with E-state index in [4.69, 9.17) is 9.84 Å². The van der Waals surface area contributed by atoms with Crippen molar-refractivity contribution in [2.24, 2.45) is 11.3 Å². The molecule has 0 spiro atoms. The largest absolute Gasteiger partial charge is 0.480 e.